The van der Waals surface area contributed by atoms with Crippen LogP contribution < -0.4 is 5.32 Å². The van der Waals surface area contributed by atoms with Gasteiger partial charge in [-0.25, -0.2) is 4.79 Å². The monoisotopic (exact) mass is 279 g/mol. The maximum Gasteiger partial charge on any atom is 0.346 e. The second-order valence-corrected chi connectivity index (χ2v) is 5.05. The Bertz CT molecular complexity index is 626. The number of carboxylic acids is 1. The van der Waals surface area contributed by atoms with Crippen LogP contribution >= 0.6 is 11.3 Å². The van der Waals surface area contributed by atoms with Gasteiger partial charge < -0.3 is 14.8 Å². The van der Waals surface area contributed by atoms with Gasteiger partial charge in [0.1, 0.15) is 10.6 Å². The molecule has 0 bridgehead atoms. The third-order valence-electron chi connectivity index (χ3n) is 2.66. The summed E-state index contributed by atoms with van der Waals surface area (Å²) < 4.78 is 5.19. The van der Waals surface area contributed by atoms with E-state index < -0.39 is 5.97 Å². The third-order valence-corrected chi connectivity index (χ3v) is 3.80. The van der Waals surface area contributed by atoms with Crippen LogP contribution in [0, 0.1) is 6.92 Å². The van der Waals surface area contributed by atoms with Crippen LogP contribution in [0.2, 0.25) is 0 Å². The lowest BCUT2D eigenvalue weighted by Gasteiger charge is -2.01. The molecule has 0 unspecified atom stereocenters. The van der Waals surface area contributed by atoms with Gasteiger partial charge in [0.25, 0.3) is 5.91 Å². The number of aromatic carboxylic acids is 1. The predicted molar refractivity (Wildman–Crippen MR) is 72.1 cm³/mol. The number of hydrogen-bond acceptors (Lipinski definition) is 4. The summed E-state index contributed by atoms with van der Waals surface area (Å²) in [7, 11) is 0. The maximum absolute atomic E-state index is 12.0. The van der Waals surface area contributed by atoms with E-state index in [0.29, 0.717) is 28.3 Å². The van der Waals surface area contributed by atoms with Crippen LogP contribution in [0.3, 0.4) is 0 Å². The van der Waals surface area contributed by atoms with Crippen LogP contribution in [0.5, 0.6) is 0 Å². The number of amides is 1. The zero-order chi connectivity index (χ0) is 14.0. The Labute approximate surface area is 113 Å². The van der Waals surface area contributed by atoms with Crippen LogP contribution in [0.1, 0.15) is 38.3 Å². The molecule has 2 heterocycles. The van der Waals surface area contributed by atoms with Gasteiger partial charge in [0.05, 0.1) is 16.8 Å². The summed E-state index contributed by atoms with van der Waals surface area (Å²) in [6.45, 7) is 3.60. The number of rotatable bonds is 4. The second kappa shape index (κ2) is 5.27. The van der Waals surface area contributed by atoms with Crippen molar-refractivity contribution in [3.8, 4) is 0 Å². The molecule has 0 saturated carbocycles. The zero-order valence-electron chi connectivity index (χ0n) is 10.5. The summed E-state index contributed by atoms with van der Waals surface area (Å²) in [5, 5.41) is 12.2. The Morgan fingerprint density at radius 1 is 1.47 bits per heavy atom. The number of carboxylic acid groups (broad SMARTS) is 1. The summed E-state index contributed by atoms with van der Waals surface area (Å²) >= 11 is 1.04. The van der Waals surface area contributed by atoms with E-state index in [2.05, 4.69) is 5.32 Å². The first-order valence-corrected chi connectivity index (χ1v) is 6.56. The smallest absolute Gasteiger partial charge is 0.346 e. The van der Waals surface area contributed by atoms with Crippen LogP contribution in [0.25, 0.3) is 0 Å². The van der Waals surface area contributed by atoms with E-state index in [1.165, 1.54) is 6.26 Å². The van der Waals surface area contributed by atoms with Gasteiger partial charge in [-0.15, -0.1) is 11.3 Å². The molecule has 0 aromatic carbocycles. The number of aryl methyl sites for hydroxylation is 2. The van der Waals surface area contributed by atoms with Gasteiger partial charge in [0.2, 0.25) is 0 Å². The molecule has 0 aliphatic heterocycles. The van der Waals surface area contributed by atoms with E-state index >= 15 is 0 Å². The summed E-state index contributed by atoms with van der Waals surface area (Å²) in [6, 6.07) is 3.25. The highest BCUT2D eigenvalue weighted by Gasteiger charge is 2.17. The molecule has 1 amide bonds. The molecule has 0 saturated heterocycles. The predicted octanol–water partition coefficient (Wildman–Crippen LogP) is 3.16. The van der Waals surface area contributed by atoms with Crippen molar-refractivity contribution < 1.29 is 19.1 Å². The SMILES string of the molecule is CCc1occc1C(=O)Nc1cc(C)c(C(=O)O)s1. The standard InChI is InChI=1S/C13H13NO4S/c1-3-9-8(4-5-18-9)12(15)14-10-6-7(2)11(19-10)13(16)17/h4-6H,3H2,1-2H3,(H,14,15)(H,16,17). The van der Waals surface area contributed by atoms with Gasteiger partial charge in [0.15, 0.2) is 0 Å². The first-order chi connectivity index (χ1) is 9.02. The number of carbonyl (C=O) groups excluding carboxylic acids is 1. The van der Waals surface area contributed by atoms with Gasteiger partial charge in [-0.2, -0.15) is 0 Å². The minimum Gasteiger partial charge on any atom is -0.477 e. The Balaban J connectivity index is 2.20. The second-order valence-electron chi connectivity index (χ2n) is 3.99. The van der Waals surface area contributed by atoms with E-state index in [0.717, 1.165) is 11.3 Å². The number of hydrogen-bond donors (Lipinski definition) is 2. The molecule has 2 aromatic heterocycles. The fourth-order valence-corrected chi connectivity index (χ4v) is 2.66. The van der Waals surface area contributed by atoms with Crippen LogP contribution in [-0.4, -0.2) is 17.0 Å². The molecule has 2 rings (SSSR count). The normalized spacial score (nSPS) is 10.4. The summed E-state index contributed by atoms with van der Waals surface area (Å²) in [5.74, 6) is -0.659. The van der Waals surface area contributed by atoms with Crippen molar-refractivity contribution in [3.63, 3.8) is 0 Å². The molecule has 0 spiro atoms. The third kappa shape index (κ3) is 2.68. The van der Waals surface area contributed by atoms with Crippen molar-refractivity contribution in [1.82, 2.24) is 0 Å². The number of furan rings is 1. The molecule has 6 heteroatoms. The van der Waals surface area contributed by atoms with Crippen molar-refractivity contribution >= 4 is 28.2 Å². The Hall–Kier alpha value is -2.08. The van der Waals surface area contributed by atoms with Crippen molar-refractivity contribution in [1.29, 1.82) is 0 Å². The molecule has 2 N–H and O–H groups in total. The van der Waals surface area contributed by atoms with Crippen LogP contribution in [0.4, 0.5) is 5.00 Å². The number of nitrogens with one attached hydrogen (secondary N) is 1. The van der Waals surface area contributed by atoms with E-state index in [1.54, 1.807) is 19.1 Å². The minimum atomic E-state index is -0.986. The van der Waals surface area contributed by atoms with E-state index in [9.17, 15) is 9.59 Å². The van der Waals surface area contributed by atoms with Gasteiger partial charge in [-0.05, 0) is 24.6 Å². The van der Waals surface area contributed by atoms with Gasteiger partial charge in [-0.1, -0.05) is 6.92 Å². The average Bonchev–Trinajstić information content (AvgIpc) is 2.95. The summed E-state index contributed by atoms with van der Waals surface area (Å²) in [5.41, 5.74) is 1.11. The van der Waals surface area contributed by atoms with Gasteiger partial charge >= 0.3 is 5.97 Å². The lowest BCUT2D eigenvalue weighted by Crippen LogP contribution is -2.11. The van der Waals surface area contributed by atoms with Gasteiger partial charge in [0, 0.05) is 6.42 Å². The lowest BCUT2D eigenvalue weighted by molar-refractivity contribution is 0.0701. The van der Waals surface area contributed by atoms with Crippen LogP contribution in [-0.2, 0) is 6.42 Å². The molecule has 0 atom stereocenters. The summed E-state index contributed by atoms with van der Waals surface area (Å²) in [4.78, 5) is 23.2. The number of anilines is 1. The van der Waals surface area contributed by atoms with E-state index in [-0.39, 0.29) is 10.8 Å². The number of carbonyl (C=O) groups is 2. The first-order valence-electron chi connectivity index (χ1n) is 5.74. The molecular formula is C13H13NO4S. The number of thiophene rings is 1. The van der Waals surface area contributed by atoms with Crippen molar-refractivity contribution in [2.24, 2.45) is 0 Å². The fourth-order valence-electron chi connectivity index (χ4n) is 1.75. The van der Waals surface area contributed by atoms with Crippen molar-refractivity contribution in [3.05, 3.63) is 40.2 Å². The topological polar surface area (TPSA) is 79.5 Å². The minimum absolute atomic E-state index is 0.234. The molecule has 19 heavy (non-hydrogen) atoms. The molecule has 0 radical (unpaired) electrons. The molecule has 0 aliphatic carbocycles. The van der Waals surface area contributed by atoms with Crippen LogP contribution in [0.15, 0.2) is 22.8 Å². The molecule has 0 fully saturated rings. The van der Waals surface area contributed by atoms with Crippen molar-refractivity contribution in [2.75, 3.05) is 5.32 Å². The molecule has 0 aliphatic rings. The highest BCUT2D eigenvalue weighted by molar-refractivity contribution is 7.18. The Morgan fingerprint density at radius 3 is 2.79 bits per heavy atom. The fraction of sp³-hybridized carbons (Fsp3) is 0.231. The first kappa shape index (κ1) is 13.4. The molecule has 5 nitrogen and oxygen atoms in total. The molecular weight excluding hydrogens is 266 g/mol. The summed E-state index contributed by atoms with van der Waals surface area (Å²) in [6.07, 6.45) is 2.09. The largest absolute Gasteiger partial charge is 0.477 e. The van der Waals surface area contributed by atoms with E-state index in [4.69, 9.17) is 9.52 Å². The Kier molecular flexibility index (Phi) is 3.71. The van der Waals surface area contributed by atoms with E-state index in [1.807, 2.05) is 6.92 Å². The van der Waals surface area contributed by atoms with Crippen molar-refractivity contribution in [2.45, 2.75) is 20.3 Å². The lowest BCUT2D eigenvalue weighted by atomic mass is 10.2. The molecule has 100 valence electrons. The highest BCUT2D eigenvalue weighted by Crippen LogP contribution is 2.27. The Morgan fingerprint density at radius 2 is 2.21 bits per heavy atom. The van der Waals surface area contributed by atoms with Gasteiger partial charge in [-0.3, -0.25) is 4.79 Å². The highest BCUT2D eigenvalue weighted by atomic mass is 32.1. The quantitative estimate of drug-likeness (QED) is 0.901. The molecule has 2 aromatic rings. The average molecular weight is 279 g/mol. The zero-order valence-corrected chi connectivity index (χ0v) is 11.3. The maximum atomic E-state index is 12.0.